The molecular formula is C16H17F2N3O3. The zero-order valence-corrected chi connectivity index (χ0v) is 13.0. The van der Waals surface area contributed by atoms with Crippen molar-refractivity contribution in [3.63, 3.8) is 0 Å². The van der Waals surface area contributed by atoms with Gasteiger partial charge in [0.25, 0.3) is 5.91 Å². The van der Waals surface area contributed by atoms with Crippen LogP contribution in [0.2, 0.25) is 0 Å². The Balaban J connectivity index is 2.05. The number of nitrogen functional groups attached to an aromatic ring is 1. The van der Waals surface area contributed by atoms with Crippen molar-refractivity contribution in [1.29, 1.82) is 0 Å². The fourth-order valence-corrected chi connectivity index (χ4v) is 2.07. The molecule has 0 aliphatic rings. The van der Waals surface area contributed by atoms with Crippen LogP contribution in [0.4, 0.5) is 14.5 Å². The van der Waals surface area contributed by atoms with Gasteiger partial charge in [-0.3, -0.25) is 9.78 Å². The van der Waals surface area contributed by atoms with Crippen LogP contribution >= 0.6 is 0 Å². The first-order valence-electron chi connectivity index (χ1n) is 7.11. The minimum Gasteiger partial charge on any atom is -0.493 e. The number of benzene rings is 1. The first kappa shape index (κ1) is 17.5. The van der Waals surface area contributed by atoms with Crippen molar-refractivity contribution >= 4 is 11.6 Å². The minimum absolute atomic E-state index is 0.000578. The number of nitrogens with two attached hydrogens (primary N) is 1. The molecule has 0 spiro atoms. The Hall–Kier alpha value is -2.90. The highest BCUT2D eigenvalue weighted by atomic mass is 19.3. The Morgan fingerprint density at radius 3 is 2.75 bits per heavy atom. The Morgan fingerprint density at radius 1 is 1.33 bits per heavy atom. The summed E-state index contributed by atoms with van der Waals surface area (Å²) < 4.78 is 34.0. The molecule has 0 fully saturated rings. The molecule has 0 radical (unpaired) electrons. The molecule has 0 aliphatic heterocycles. The van der Waals surface area contributed by atoms with Gasteiger partial charge in [-0.1, -0.05) is 6.07 Å². The van der Waals surface area contributed by atoms with Crippen LogP contribution in [0.25, 0.3) is 0 Å². The number of alkyl halides is 2. The van der Waals surface area contributed by atoms with Crippen molar-refractivity contribution in [1.82, 2.24) is 10.3 Å². The summed E-state index contributed by atoms with van der Waals surface area (Å²) in [5.41, 5.74) is 6.72. The summed E-state index contributed by atoms with van der Waals surface area (Å²) in [7, 11) is 1.28. The smallest absolute Gasteiger partial charge is 0.387 e. The molecule has 8 heteroatoms. The van der Waals surface area contributed by atoms with Gasteiger partial charge in [-0.25, -0.2) is 0 Å². The number of nitrogens with zero attached hydrogens (tertiary/aromatic N) is 1. The molecular weight excluding hydrogens is 320 g/mol. The van der Waals surface area contributed by atoms with Gasteiger partial charge in [0.1, 0.15) is 0 Å². The van der Waals surface area contributed by atoms with Crippen LogP contribution in [-0.2, 0) is 6.42 Å². The van der Waals surface area contributed by atoms with Crippen LogP contribution in [0, 0.1) is 0 Å². The van der Waals surface area contributed by atoms with E-state index in [1.54, 1.807) is 12.3 Å². The maximum absolute atomic E-state index is 12.4. The van der Waals surface area contributed by atoms with Gasteiger partial charge < -0.3 is 20.5 Å². The van der Waals surface area contributed by atoms with Crippen LogP contribution in [-0.4, -0.2) is 31.2 Å². The number of carbonyl (C=O) groups is 1. The van der Waals surface area contributed by atoms with E-state index < -0.39 is 12.5 Å². The van der Waals surface area contributed by atoms with E-state index in [9.17, 15) is 13.6 Å². The fraction of sp³-hybridized carbons (Fsp3) is 0.250. The van der Waals surface area contributed by atoms with E-state index in [1.165, 1.54) is 13.2 Å². The molecule has 0 saturated heterocycles. The van der Waals surface area contributed by atoms with E-state index in [1.807, 2.05) is 12.1 Å². The number of aromatic nitrogens is 1. The first-order valence-corrected chi connectivity index (χ1v) is 7.11. The Labute approximate surface area is 137 Å². The molecule has 3 N–H and O–H groups in total. The molecule has 2 rings (SSSR count). The molecule has 1 aromatic heterocycles. The molecule has 0 atom stereocenters. The summed E-state index contributed by atoms with van der Waals surface area (Å²) >= 11 is 0. The van der Waals surface area contributed by atoms with Crippen molar-refractivity contribution in [3.8, 4) is 11.5 Å². The second-order valence-electron chi connectivity index (χ2n) is 4.80. The number of halogens is 2. The van der Waals surface area contributed by atoms with Gasteiger partial charge in [0.05, 0.1) is 12.7 Å². The second-order valence-corrected chi connectivity index (χ2v) is 4.80. The quantitative estimate of drug-likeness (QED) is 0.757. The van der Waals surface area contributed by atoms with Crippen molar-refractivity contribution in [3.05, 3.63) is 47.8 Å². The average Bonchev–Trinajstić information content (AvgIpc) is 2.55. The molecule has 1 aromatic carbocycles. The summed E-state index contributed by atoms with van der Waals surface area (Å²) in [6.45, 7) is -2.66. The third kappa shape index (κ3) is 4.55. The number of anilines is 1. The highest BCUT2D eigenvalue weighted by Gasteiger charge is 2.17. The van der Waals surface area contributed by atoms with Crippen molar-refractivity contribution < 1.29 is 23.0 Å². The number of carbonyl (C=O) groups excluding carboxylic acids is 1. The van der Waals surface area contributed by atoms with Gasteiger partial charge in [-0.05, 0) is 18.2 Å². The molecule has 24 heavy (non-hydrogen) atoms. The van der Waals surface area contributed by atoms with Crippen molar-refractivity contribution in [2.24, 2.45) is 0 Å². The molecule has 0 aliphatic carbocycles. The Kier molecular flexibility index (Phi) is 5.89. The SMILES string of the molecule is COc1cc(C(=O)NCCc2ccccn2)c(N)cc1OC(F)F. The Bertz CT molecular complexity index is 696. The first-order chi connectivity index (χ1) is 11.5. The van der Waals surface area contributed by atoms with Gasteiger partial charge in [-0.15, -0.1) is 0 Å². The van der Waals surface area contributed by atoms with Gasteiger partial charge in [0.2, 0.25) is 0 Å². The molecule has 0 unspecified atom stereocenters. The number of nitrogens with one attached hydrogen (secondary N) is 1. The van der Waals surface area contributed by atoms with E-state index >= 15 is 0 Å². The molecule has 128 valence electrons. The van der Waals surface area contributed by atoms with Gasteiger partial charge in [0.15, 0.2) is 11.5 Å². The lowest BCUT2D eigenvalue weighted by Crippen LogP contribution is -2.26. The number of ether oxygens (including phenoxy) is 2. The zero-order chi connectivity index (χ0) is 17.5. The van der Waals surface area contributed by atoms with E-state index in [2.05, 4.69) is 15.0 Å². The van der Waals surface area contributed by atoms with E-state index in [0.717, 1.165) is 11.8 Å². The van der Waals surface area contributed by atoms with Crippen LogP contribution < -0.4 is 20.5 Å². The predicted molar refractivity (Wildman–Crippen MR) is 84.3 cm³/mol. The van der Waals surface area contributed by atoms with Gasteiger partial charge in [0, 0.05) is 36.6 Å². The van der Waals surface area contributed by atoms with Crippen LogP contribution in [0.3, 0.4) is 0 Å². The highest BCUT2D eigenvalue weighted by molar-refractivity contribution is 6.00. The van der Waals surface area contributed by atoms with Gasteiger partial charge in [-0.2, -0.15) is 8.78 Å². The number of hydrogen-bond donors (Lipinski definition) is 2. The molecule has 2 aromatic rings. The normalized spacial score (nSPS) is 10.5. The molecule has 6 nitrogen and oxygen atoms in total. The lowest BCUT2D eigenvalue weighted by Gasteiger charge is -2.13. The molecule has 1 amide bonds. The number of methoxy groups -OCH3 is 1. The summed E-state index contributed by atoms with van der Waals surface area (Å²) in [5.74, 6) is -0.667. The second kappa shape index (κ2) is 8.09. The summed E-state index contributed by atoms with van der Waals surface area (Å²) in [5, 5.41) is 2.70. The third-order valence-corrected chi connectivity index (χ3v) is 3.19. The number of hydrogen-bond acceptors (Lipinski definition) is 5. The predicted octanol–water partition coefficient (Wildman–Crippen LogP) is 2.25. The van der Waals surface area contributed by atoms with Crippen LogP contribution in [0.15, 0.2) is 36.5 Å². The fourth-order valence-electron chi connectivity index (χ4n) is 2.07. The van der Waals surface area contributed by atoms with Gasteiger partial charge >= 0.3 is 6.61 Å². The number of rotatable bonds is 7. The maximum Gasteiger partial charge on any atom is 0.387 e. The van der Waals surface area contributed by atoms with E-state index in [-0.39, 0.29) is 22.7 Å². The van der Waals surface area contributed by atoms with Crippen LogP contribution in [0.5, 0.6) is 11.5 Å². The van der Waals surface area contributed by atoms with Crippen LogP contribution in [0.1, 0.15) is 16.1 Å². The maximum atomic E-state index is 12.4. The zero-order valence-electron chi connectivity index (χ0n) is 13.0. The Morgan fingerprint density at radius 2 is 2.12 bits per heavy atom. The molecule has 0 bridgehead atoms. The lowest BCUT2D eigenvalue weighted by molar-refractivity contribution is -0.0511. The topological polar surface area (TPSA) is 86.5 Å². The summed E-state index contributed by atoms with van der Waals surface area (Å²) in [4.78, 5) is 16.4. The standard InChI is InChI=1S/C16H17F2N3O3/c1-23-13-8-11(12(19)9-14(13)24-16(17)18)15(22)21-7-5-10-4-2-3-6-20-10/h2-4,6,8-9,16H,5,7,19H2,1H3,(H,21,22). The average molecular weight is 337 g/mol. The number of amides is 1. The summed E-state index contributed by atoms with van der Waals surface area (Å²) in [6, 6.07) is 7.91. The highest BCUT2D eigenvalue weighted by Crippen LogP contribution is 2.33. The molecule has 1 heterocycles. The van der Waals surface area contributed by atoms with Crippen molar-refractivity contribution in [2.75, 3.05) is 19.4 Å². The largest absolute Gasteiger partial charge is 0.493 e. The van der Waals surface area contributed by atoms with Crippen molar-refractivity contribution in [2.45, 2.75) is 13.0 Å². The lowest BCUT2D eigenvalue weighted by atomic mass is 10.1. The third-order valence-electron chi connectivity index (χ3n) is 3.19. The summed E-state index contributed by atoms with van der Waals surface area (Å²) in [6.07, 6.45) is 2.22. The minimum atomic E-state index is -3.02. The van der Waals surface area contributed by atoms with E-state index in [4.69, 9.17) is 10.5 Å². The van der Waals surface area contributed by atoms with E-state index in [0.29, 0.717) is 13.0 Å². The monoisotopic (exact) mass is 337 g/mol. The molecule has 0 saturated carbocycles. The number of pyridine rings is 1.